The standard InChI is InChI=1S/C18H23N2.C2H6/c1-8-15-16(9-2)20(7)18(19(15)6)17-13(4)10-12(3)11-14(17)5;1-2/h8-11H,1-2H2,3-7H3;1-2H3/q+1;. The number of benzene rings is 1. The maximum absolute atomic E-state index is 3.93. The highest BCUT2D eigenvalue weighted by Crippen LogP contribution is 2.28. The molecule has 0 spiro atoms. The molecule has 1 aromatic heterocycles. The van der Waals surface area contributed by atoms with E-state index in [9.17, 15) is 0 Å². The van der Waals surface area contributed by atoms with E-state index < -0.39 is 0 Å². The molecule has 0 atom stereocenters. The Kier molecular flexibility index (Phi) is 5.92. The van der Waals surface area contributed by atoms with Crippen LogP contribution in [0.1, 0.15) is 41.9 Å². The number of imidazole rings is 1. The lowest BCUT2D eigenvalue weighted by Gasteiger charge is -2.09. The Hall–Kier alpha value is -2.09. The van der Waals surface area contributed by atoms with Crippen LogP contribution in [0.15, 0.2) is 25.3 Å². The summed E-state index contributed by atoms with van der Waals surface area (Å²) in [5, 5.41) is 0. The van der Waals surface area contributed by atoms with Gasteiger partial charge in [0.2, 0.25) is 0 Å². The van der Waals surface area contributed by atoms with Gasteiger partial charge >= 0.3 is 0 Å². The molecule has 0 N–H and O–H groups in total. The summed E-state index contributed by atoms with van der Waals surface area (Å²) >= 11 is 0. The third-order valence-electron chi connectivity index (χ3n) is 3.91. The Balaban J connectivity index is 0.00000116. The molecule has 2 aromatic rings. The van der Waals surface area contributed by atoms with Crippen LogP contribution in [-0.2, 0) is 14.1 Å². The Bertz CT molecular complexity index is 648. The van der Waals surface area contributed by atoms with Gasteiger partial charge in [0.15, 0.2) is 11.4 Å². The van der Waals surface area contributed by atoms with Gasteiger partial charge in [0.25, 0.3) is 5.82 Å². The largest absolute Gasteiger partial charge is 0.289 e. The highest BCUT2D eigenvalue weighted by atomic mass is 15.2. The highest BCUT2D eigenvalue weighted by Gasteiger charge is 2.26. The smallest absolute Gasteiger partial charge is 0.226 e. The van der Waals surface area contributed by atoms with Crippen molar-refractivity contribution < 1.29 is 4.57 Å². The number of aryl methyl sites for hydroxylation is 3. The monoisotopic (exact) mass is 297 g/mol. The average molecular weight is 297 g/mol. The SMILES string of the molecule is C=Cc1c(C=C)[n+](C)c(-c2c(C)cc(C)cc2C)n1C.CC. The topological polar surface area (TPSA) is 8.81 Å². The first-order valence-corrected chi connectivity index (χ1v) is 7.84. The first kappa shape index (κ1) is 18.0. The number of hydrogen-bond acceptors (Lipinski definition) is 0. The number of hydrogen-bond donors (Lipinski definition) is 0. The van der Waals surface area contributed by atoms with E-state index in [0.29, 0.717) is 0 Å². The van der Waals surface area contributed by atoms with Crippen molar-refractivity contribution in [2.24, 2.45) is 14.1 Å². The maximum Gasteiger partial charge on any atom is 0.289 e. The van der Waals surface area contributed by atoms with Crippen LogP contribution >= 0.6 is 0 Å². The molecule has 0 radical (unpaired) electrons. The number of rotatable bonds is 3. The minimum atomic E-state index is 1.09. The van der Waals surface area contributed by atoms with E-state index in [2.05, 4.69) is 69.3 Å². The molecule has 1 heterocycles. The molecule has 0 unspecified atom stereocenters. The molecule has 0 amide bonds. The predicted octanol–water partition coefficient (Wildman–Crippen LogP) is 4.75. The lowest BCUT2D eigenvalue weighted by molar-refractivity contribution is -0.661. The van der Waals surface area contributed by atoms with Crippen LogP contribution in [0, 0.1) is 20.8 Å². The first-order valence-electron chi connectivity index (χ1n) is 7.84. The van der Waals surface area contributed by atoms with E-state index in [1.807, 2.05) is 26.0 Å². The van der Waals surface area contributed by atoms with Crippen molar-refractivity contribution in [3.63, 3.8) is 0 Å². The normalized spacial score (nSPS) is 9.95. The predicted molar refractivity (Wildman–Crippen MR) is 97.8 cm³/mol. The summed E-state index contributed by atoms with van der Waals surface area (Å²) in [5.41, 5.74) is 7.37. The third-order valence-corrected chi connectivity index (χ3v) is 3.91. The molecule has 0 aliphatic heterocycles. The minimum Gasteiger partial charge on any atom is -0.226 e. The molecule has 22 heavy (non-hydrogen) atoms. The molecule has 118 valence electrons. The third kappa shape index (κ3) is 2.92. The number of aromatic nitrogens is 2. The van der Waals surface area contributed by atoms with Crippen LogP contribution in [0.2, 0.25) is 0 Å². The molecule has 0 aliphatic rings. The fourth-order valence-corrected chi connectivity index (χ4v) is 3.15. The van der Waals surface area contributed by atoms with Crippen LogP contribution in [0.5, 0.6) is 0 Å². The van der Waals surface area contributed by atoms with E-state index in [0.717, 1.165) is 11.4 Å². The molecule has 0 saturated carbocycles. The zero-order chi connectivity index (χ0) is 17.0. The Labute approximate surface area is 135 Å². The van der Waals surface area contributed by atoms with Crippen molar-refractivity contribution in [2.75, 3.05) is 0 Å². The molecular weight excluding hydrogens is 268 g/mol. The Morgan fingerprint density at radius 3 is 1.86 bits per heavy atom. The highest BCUT2D eigenvalue weighted by molar-refractivity contribution is 5.67. The molecule has 2 nitrogen and oxygen atoms in total. The molecule has 0 aliphatic carbocycles. The van der Waals surface area contributed by atoms with E-state index in [1.165, 1.54) is 28.1 Å². The molecule has 0 bridgehead atoms. The maximum atomic E-state index is 3.93. The van der Waals surface area contributed by atoms with Crippen LogP contribution < -0.4 is 4.57 Å². The molecule has 0 saturated heterocycles. The summed E-state index contributed by atoms with van der Waals surface area (Å²) in [5.74, 6) is 1.19. The van der Waals surface area contributed by atoms with Gasteiger partial charge < -0.3 is 0 Å². The van der Waals surface area contributed by atoms with Crippen LogP contribution in [0.3, 0.4) is 0 Å². The fraction of sp³-hybridized carbons (Fsp3) is 0.350. The molecule has 1 aromatic carbocycles. The molecular formula is C20H29N2+. The summed E-state index contributed by atoms with van der Waals surface area (Å²) in [6.07, 6.45) is 3.78. The second-order valence-electron chi connectivity index (χ2n) is 5.39. The molecule has 2 rings (SSSR count). The van der Waals surface area contributed by atoms with Gasteiger partial charge in [-0.3, -0.25) is 0 Å². The van der Waals surface area contributed by atoms with Crippen molar-refractivity contribution in [3.05, 3.63) is 53.4 Å². The zero-order valence-corrected chi connectivity index (χ0v) is 15.1. The van der Waals surface area contributed by atoms with Crippen molar-refractivity contribution in [2.45, 2.75) is 34.6 Å². The summed E-state index contributed by atoms with van der Waals surface area (Å²) in [6.45, 7) is 18.3. The van der Waals surface area contributed by atoms with E-state index >= 15 is 0 Å². The summed E-state index contributed by atoms with van der Waals surface area (Å²) < 4.78 is 4.38. The zero-order valence-electron chi connectivity index (χ0n) is 15.1. The molecule has 2 heteroatoms. The number of nitrogens with zero attached hydrogens (tertiary/aromatic N) is 2. The summed E-state index contributed by atoms with van der Waals surface area (Å²) in [6, 6.07) is 4.47. The first-order chi connectivity index (χ1) is 10.4. The van der Waals surface area contributed by atoms with Crippen molar-refractivity contribution in [1.29, 1.82) is 0 Å². The summed E-state index contributed by atoms with van der Waals surface area (Å²) in [7, 11) is 4.16. The summed E-state index contributed by atoms with van der Waals surface area (Å²) in [4.78, 5) is 0. The average Bonchev–Trinajstić information content (AvgIpc) is 2.71. The molecule has 0 fully saturated rings. The van der Waals surface area contributed by atoms with Gasteiger partial charge in [-0.05, 0) is 44.1 Å². The van der Waals surface area contributed by atoms with Crippen molar-refractivity contribution in [3.8, 4) is 11.4 Å². The van der Waals surface area contributed by atoms with Gasteiger partial charge in [0, 0.05) is 0 Å². The van der Waals surface area contributed by atoms with Gasteiger partial charge in [-0.2, -0.15) is 0 Å². The van der Waals surface area contributed by atoms with Crippen molar-refractivity contribution in [1.82, 2.24) is 4.57 Å². The van der Waals surface area contributed by atoms with Gasteiger partial charge in [0.1, 0.15) is 0 Å². The van der Waals surface area contributed by atoms with E-state index in [1.54, 1.807) is 0 Å². The van der Waals surface area contributed by atoms with Crippen LogP contribution in [0.25, 0.3) is 23.5 Å². The van der Waals surface area contributed by atoms with Gasteiger partial charge in [-0.15, -0.1) is 0 Å². The fourth-order valence-electron chi connectivity index (χ4n) is 3.15. The van der Waals surface area contributed by atoms with Gasteiger partial charge in [-0.25, -0.2) is 9.13 Å². The Morgan fingerprint density at radius 1 is 1.00 bits per heavy atom. The van der Waals surface area contributed by atoms with Crippen molar-refractivity contribution >= 4 is 12.2 Å². The lowest BCUT2D eigenvalue weighted by atomic mass is 9.99. The van der Waals surface area contributed by atoms with E-state index in [-0.39, 0.29) is 0 Å². The minimum absolute atomic E-state index is 1.09. The quantitative estimate of drug-likeness (QED) is 0.723. The van der Waals surface area contributed by atoms with Gasteiger partial charge in [-0.1, -0.05) is 44.7 Å². The van der Waals surface area contributed by atoms with Gasteiger partial charge in [0.05, 0.1) is 19.7 Å². The Morgan fingerprint density at radius 2 is 1.50 bits per heavy atom. The second kappa shape index (κ2) is 7.26. The van der Waals surface area contributed by atoms with Crippen LogP contribution in [0.4, 0.5) is 0 Å². The van der Waals surface area contributed by atoms with Crippen LogP contribution in [-0.4, -0.2) is 4.57 Å². The second-order valence-corrected chi connectivity index (χ2v) is 5.39. The lowest BCUT2D eigenvalue weighted by Crippen LogP contribution is -2.33. The van der Waals surface area contributed by atoms with E-state index in [4.69, 9.17) is 0 Å².